The summed E-state index contributed by atoms with van der Waals surface area (Å²) in [6.07, 6.45) is 0. The van der Waals surface area contributed by atoms with Crippen LogP contribution in [0.25, 0.3) is 0 Å². The molecular formula is C15H14BrClFNO. The molecule has 0 atom stereocenters. The standard InChI is InChI=1S/C15H14BrClFNO/c1-2-19-9-11-13(18)4-3-5-14(11)20-15-7-6-10(17)8-12(15)16/h3-8,19H,2,9H2,1H3. The molecule has 0 fully saturated rings. The molecule has 0 aliphatic rings. The van der Waals surface area contributed by atoms with Crippen molar-refractivity contribution in [3.63, 3.8) is 0 Å². The van der Waals surface area contributed by atoms with Gasteiger partial charge in [-0.25, -0.2) is 4.39 Å². The highest BCUT2D eigenvalue weighted by Crippen LogP contribution is 2.34. The summed E-state index contributed by atoms with van der Waals surface area (Å²) in [6, 6.07) is 10.0. The van der Waals surface area contributed by atoms with E-state index in [0.717, 1.165) is 11.0 Å². The van der Waals surface area contributed by atoms with Crippen molar-refractivity contribution in [2.45, 2.75) is 13.5 Å². The minimum absolute atomic E-state index is 0.284. The Morgan fingerprint density at radius 3 is 2.75 bits per heavy atom. The van der Waals surface area contributed by atoms with E-state index >= 15 is 0 Å². The molecule has 0 spiro atoms. The summed E-state index contributed by atoms with van der Waals surface area (Å²) in [7, 11) is 0. The fourth-order valence-electron chi connectivity index (χ4n) is 1.73. The average molecular weight is 359 g/mol. The molecule has 0 unspecified atom stereocenters. The Morgan fingerprint density at radius 1 is 1.25 bits per heavy atom. The van der Waals surface area contributed by atoms with Crippen molar-refractivity contribution in [2.75, 3.05) is 6.54 Å². The molecule has 5 heteroatoms. The predicted molar refractivity (Wildman–Crippen MR) is 83.0 cm³/mol. The van der Waals surface area contributed by atoms with Crippen molar-refractivity contribution in [1.82, 2.24) is 5.32 Å². The third kappa shape index (κ3) is 3.72. The van der Waals surface area contributed by atoms with Gasteiger partial charge < -0.3 is 10.1 Å². The van der Waals surface area contributed by atoms with Gasteiger partial charge in [0.2, 0.25) is 0 Å². The zero-order valence-corrected chi connectivity index (χ0v) is 13.3. The molecule has 0 aliphatic carbocycles. The maximum atomic E-state index is 13.9. The van der Waals surface area contributed by atoms with E-state index in [1.54, 1.807) is 30.3 Å². The van der Waals surface area contributed by atoms with E-state index in [4.69, 9.17) is 16.3 Å². The number of nitrogens with one attached hydrogen (secondary N) is 1. The highest BCUT2D eigenvalue weighted by molar-refractivity contribution is 9.10. The Balaban J connectivity index is 2.30. The summed E-state index contributed by atoms with van der Waals surface area (Å²) in [5.41, 5.74) is 0.510. The van der Waals surface area contributed by atoms with Crippen LogP contribution in [0.5, 0.6) is 11.5 Å². The Hall–Kier alpha value is -1.10. The van der Waals surface area contributed by atoms with Crippen LogP contribution >= 0.6 is 27.5 Å². The first kappa shape index (κ1) is 15.3. The van der Waals surface area contributed by atoms with Crippen molar-refractivity contribution in [2.24, 2.45) is 0 Å². The molecule has 2 aromatic rings. The molecule has 0 amide bonds. The van der Waals surface area contributed by atoms with Gasteiger partial charge in [0.25, 0.3) is 0 Å². The zero-order chi connectivity index (χ0) is 14.5. The summed E-state index contributed by atoms with van der Waals surface area (Å²) in [5, 5.41) is 3.71. The smallest absolute Gasteiger partial charge is 0.141 e. The van der Waals surface area contributed by atoms with Crippen LogP contribution in [0.2, 0.25) is 5.02 Å². The van der Waals surface area contributed by atoms with Crippen LogP contribution in [-0.4, -0.2) is 6.54 Å². The summed E-state index contributed by atoms with van der Waals surface area (Å²) in [6.45, 7) is 3.15. The third-order valence-electron chi connectivity index (χ3n) is 2.74. The van der Waals surface area contributed by atoms with Crippen molar-refractivity contribution in [3.8, 4) is 11.5 Å². The molecule has 0 saturated heterocycles. The fraction of sp³-hybridized carbons (Fsp3) is 0.200. The van der Waals surface area contributed by atoms with Gasteiger partial charge in [-0.3, -0.25) is 0 Å². The van der Waals surface area contributed by atoms with Crippen LogP contribution < -0.4 is 10.1 Å². The number of hydrogen-bond donors (Lipinski definition) is 1. The highest BCUT2D eigenvalue weighted by Gasteiger charge is 2.11. The van der Waals surface area contributed by atoms with Crippen molar-refractivity contribution in [3.05, 3.63) is 57.3 Å². The van der Waals surface area contributed by atoms with Crippen molar-refractivity contribution < 1.29 is 9.13 Å². The Bertz CT molecular complexity index is 606. The van der Waals surface area contributed by atoms with Crippen molar-refractivity contribution >= 4 is 27.5 Å². The normalized spacial score (nSPS) is 10.6. The number of rotatable bonds is 5. The van der Waals surface area contributed by atoms with Gasteiger partial charge >= 0.3 is 0 Å². The number of ether oxygens (including phenoxy) is 1. The SMILES string of the molecule is CCNCc1c(F)cccc1Oc1ccc(Cl)cc1Br. The summed E-state index contributed by atoms with van der Waals surface area (Å²) >= 11 is 9.27. The maximum Gasteiger partial charge on any atom is 0.141 e. The highest BCUT2D eigenvalue weighted by atomic mass is 79.9. The van der Waals surface area contributed by atoms with Crippen LogP contribution in [0.3, 0.4) is 0 Å². The lowest BCUT2D eigenvalue weighted by atomic mass is 10.2. The van der Waals surface area contributed by atoms with E-state index in [9.17, 15) is 4.39 Å². The van der Waals surface area contributed by atoms with Gasteiger partial charge in [0.1, 0.15) is 17.3 Å². The largest absolute Gasteiger partial charge is 0.456 e. The molecule has 0 saturated carbocycles. The average Bonchev–Trinajstić information content (AvgIpc) is 2.41. The monoisotopic (exact) mass is 357 g/mol. The van der Waals surface area contributed by atoms with E-state index in [2.05, 4.69) is 21.2 Å². The lowest BCUT2D eigenvalue weighted by Crippen LogP contribution is -2.13. The third-order valence-corrected chi connectivity index (χ3v) is 3.60. The molecule has 2 nitrogen and oxygen atoms in total. The first-order chi connectivity index (χ1) is 9.61. The molecule has 2 rings (SSSR count). The zero-order valence-electron chi connectivity index (χ0n) is 10.9. The molecule has 1 N–H and O–H groups in total. The topological polar surface area (TPSA) is 21.3 Å². The quantitative estimate of drug-likeness (QED) is 0.798. The second kappa shape index (κ2) is 7.07. The van der Waals surface area contributed by atoms with Gasteiger partial charge in [-0.1, -0.05) is 24.6 Å². The van der Waals surface area contributed by atoms with E-state index < -0.39 is 0 Å². The van der Waals surface area contributed by atoms with Gasteiger partial charge in [-0.05, 0) is 52.8 Å². The first-order valence-electron chi connectivity index (χ1n) is 6.23. The fourth-order valence-corrected chi connectivity index (χ4v) is 2.50. The number of halogens is 3. The number of hydrogen-bond acceptors (Lipinski definition) is 2. The Morgan fingerprint density at radius 2 is 2.05 bits per heavy atom. The molecule has 106 valence electrons. The van der Waals surface area contributed by atoms with Crippen LogP contribution in [0.4, 0.5) is 4.39 Å². The Labute approximate surface area is 131 Å². The summed E-state index contributed by atoms with van der Waals surface area (Å²) < 4.78 is 20.4. The molecule has 0 aromatic heterocycles. The van der Waals surface area contributed by atoms with E-state index in [0.29, 0.717) is 28.6 Å². The molecule has 20 heavy (non-hydrogen) atoms. The lowest BCUT2D eigenvalue weighted by molar-refractivity contribution is 0.460. The molecule has 0 aliphatic heterocycles. The summed E-state index contributed by atoms with van der Waals surface area (Å²) in [4.78, 5) is 0. The van der Waals surface area contributed by atoms with Crippen molar-refractivity contribution in [1.29, 1.82) is 0 Å². The van der Waals surface area contributed by atoms with E-state index in [1.807, 2.05) is 6.92 Å². The van der Waals surface area contributed by atoms with Gasteiger partial charge in [0, 0.05) is 17.1 Å². The Kier molecular flexibility index (Phi) is 5.40. The van der Waals surface area contributed by atoms with Gasteiger partial charge in [-0.2, -0.15) is 0 Å². The molecular weight excluding hydrogens is 345 g/mol. The van der Waals surface area contributed by atoms with Crippen LogP contribution in [0.1, 0.15) is 12.5 Å². The first-order valence-corrected chi connectivity index (χ1v) is 7.40. The second-order valence-corrected chi connectivity index (χ2v) is 5.46. The van der Waals surface area contributed by atoms with Gasteiger partial charge in [0.15, 0.2) is 0 Å². The second-order valence-electron chi connectivity index (χ2n) is 4.17. The maximum absolute atomic E-state index is 13.9. The molecule has 0 bridgehead atoms. The minimum Gasteiger partial charge on any atom is -0.456 e. The van der Waals surface area contributed by atoms with E-state index in [-0.39, 0.29) is 5.82 Å². The summed E-state index contributed by atoms with van der Waals surface area (Å²) in [5.74, 6) is 0.806. The number of benzene rings is 2. The minimum atomic E-state index is -0.284. The molecule has 0 radical (unpaired) electrons. The molecule has 2 aromatic carbocycles. The van der Waals surface area contributed by atoms with Crippen LogP contribution in [-0.2, 0) is 6.54 Å². The van der Waals surface area contributed by atoms with Gasteiger partial charge in [0.05, 0.1) is 4.47 Å². The van der Waals surface area contributed by atoms with Gasteiger partial charge in [-0.15, -0.1) is 0 Å². The lowest BCUT2D eigenvalue weighted by Gasteiger charge is -2.13. The van der Waals surface area contributed by atoms with Crippen LogP contribution in [0, 0.1) is 5.82 Å². The van der Waals surface area contributed by atoms with Crippen LogP contribution in [0.15, 0.2) is 40.9 Å². The molecule has 0 heterocycles. The predicted octanol–water partition coefficient (Wildman–Crippen LogP) is 5.14. The van der Waals surface area contributed by atoms with E-state index in [1.165, 1.54) is 6.07 Å².